The Morgan fingerprint density at radius 2 is 0.796 bits per heavy atom. The van der Waals surface area contributed by atoms with Crippen molar-refractivity contribution in [1.29, 1.82) is 0 Å². The van der Waals surface area contributed by atoms with Crippen LogP contribution in [-0.4, -0.2) is 0 Å². The first-order valence-electron chi connectivity index (χ1n) is 16.8. The standard InChI is InChI=1S/C48H30O/c1-3-13-31(14-4-1)33-25-28-44-43(30-33)42-27-26-36(37-23-12-24-45(49-44)48(37)42)34-17-11-18-35(29-34)47-40-21-9-7-19-38(40)46(32-15-5-2-6-16-32)39-20-8-10-22-41(39)47/h1-30H. The third-order valence-electron chi connectivity index (χ3n) is 10.1. The molecule has 1 heterocycles. The summed E-state index contributed by atoms with van der Waals surface area (Å²) in [6, 6.07) is 65.6. The Labute approximate surface area is 285 Å². The van der Waals surface area contributed by atoms with Gasteiger partial charge in [0.05, 0.1) is 0 Å². The molecule has 0 unspecified atom stereocenters. The van der Waals surface area contributed by atoms with E-state index < -0.39 is 0 Å². The zero-order chi connectivity index (χ0) is 32.3. The van der Waals surface area contributed by atoms with E-state index in [1.165, 1.54) is 77.0 Å². The second-order valence-corrected chi connectivity index (χ2v) is 12.8. The molecule has 0 bridgehead atoms. The van der Waals surface area contributed by atoms with Crippen LogP contribution in [0.1, 0.15) is 0 Å². The van der Waals surface area contributed by atoms with E-state index in [2.05, 4.69) is 182 Å². The zero-order valence-electron chi connectivity index (χ0n) is 26.7. The van der Waals surface area contributed by atoms with Crippen LogP contribution in [-0.2, 0) is 0 Å². The second kappa shape index (κ2) is 11.1. The molecule has 1 aliphatic heterocycles. The van der Waals surface area contributed by atoms with Crippen LogP contribution in [0, 0.1) is 0 Å². The Morgan fingerprint density at radius 3 is 1.49 bits per heavy atom. The lowest BCUT2D eigenvalue weighted by Gasteiger charge is -2.23. The summed E-state index contributed by atoms with van der Waals surface area (Å²) >= 11 is 0. The normalized spacial score (nSPS) is 11.8. The number of fused-ring (bicyclic) bond motifs is 4. The monoisotopic (exact) mass is 622 g/mol. The van der Waals surface area contributed by atoms with E-state index in [0.717, 1.165) is 22.4 Å². The van der Waals surface area contributed by atoms with E-state index in [-0.39, 0.29) is 0 Å². The van der Waals surface area contributed by atoms with Gasteiger partial charge in [-0.25, -0.2) is 0 Å². The molecule has 0 N–H and O–H groups in total. The summed E-state index contributed by atoms with van der Waals surface area (Å²) in [7, 11) is 0. The van der Waals surface area contributed by atoms with Crippen LogP contribution in [0.3, 0.4) is 0 Å². The van der Waals surface area contributed by atoms with Crippen LogP contribution in [0.15, 0.2) is 182 Å². The molecule has 0 atom stereocenters. The summed E-state index contributed by atoms with van der Waals surface area (Å²) in [6.07, 6.45) is 0. The van der Waals surface area contributed by atoms with Crippen molar-refractivity contribution in [3.8, 4) is 67.1 Å². The fraction of sp³-hybridized carbons (Fsp3) is 0. The first-order valence-corrected chi connectivity index (χ1v) is 16.8. The maximum atomic E-state index is 6.57. The van der Waals surface area contributed by atoms with Gasteiger partial charge in [0.25, 0.3) is 0 Å². The van der Waals surface area contributed by atoms with Crippen LogP contribution in [0.25, 0.3) is 88.0 Å². The van der Waals surface area contributed by atoms with Gasteiger partial charge >= 0.3 is 0 Å². The largest absolute Gasteiger partial charge is 0.456 e. The topological polar surface area (TPSA) is 9.23 Å². The highest BCUT2D eigenvalue weighted by atomic mass is 16.5. The summed E-state index contributed by atoms with van der Waals surface area (Å²) in [4.78, 5) is 0. The smallest absolute Gasteiger partial charge is 0.135 e. The van der Waals surface area contributed by atoms with Gasteiger partial charge in [-0.15, -0.1) is 0 Å². The molecule has 0 saturated carbocycles. The van der Waals surface area contributed by atoms with Gasteiger partial charge in [-0.05, 0) is 101 Å². The quantitative estimate of drug-likeness (QED) is 0.177. The molecule has 0 aliphatic carbocycles. The Bertz CT molecular complexity index is 2670. The molecule has 0 radical (unpaired) electrons. The molecule has 9 aromatic rings. The summed E-state index contributed by atoms with van der Waals surface area (Å²) in [5, 5.41) is 7.39. The maximum absolute atomic E-state index is 6.57. The number of rotatable bonds is 4. The van der Waals surface area contributed by atoms with Crippen LogP contribution in [0.5, 0.6) is 11.5 Å². The predicted octanol–water partition coefficient (Wildman–Crippen LogP) is 13.6. The third-order valence-corrected chi connectivity index (χ3v) is 10.1. The molecule has 0 aromatic heterocycles. The van der Waals surface area contributed by atoms with Crippen molar-refractivity contribution in [3.05, 3.63) is 182 Å². The Morgan fingerprint density at radius 1 is 0.265 bits per heavy atom. The van der Waals surface area contributed by atoms with Gasteiger partial charge in [-0.3, -0.25) is 0 Å². The first-order chi connectivity index (χ1) is 24.3. The van der Waals surface area contributed by atoms with Gasteiger partial charge < -0.3 is 4.74 Å². The number of hydrogen-bond donors (Lipinski definition) is 0. The average molecular weight is 623 g/mol. The summed E-state index contributed by atoms with van der Waals surface area (Å²) < 4.78 is 6.57. The molecule has 0 saturated heterocycles. The van der Waals surface area contributed by atoms with E-state index in [1.807, 2.05) is 0 Å². The van der Waals surface area contributed by atoms with Crippen molar-refractivity contribution < 1.29 is 4.74 Å². The van der Waals surface area contributed by atoms with Crippen molar-refractivity contribution in [2.75, 3.05) is 0 Å². The van der Waals surface area contributed by atoms with E-state index in [0.29, 0.717) is 0 Å². The van der Waals surface area contributed by atoms with Crippen LogP contribution in [0.4, 0.5) is 0 Å². The zero-order valence-corrected chi connectivity index (χ0v) is 26.7. The molecular formula is C48H30O. The highest BCUT2D eigenvalue weighted by Gasteiger charge is 2.23. The fourth-order valence-corrected chi connectivity index (χ4v) is 7.89. The van der Waals surface area contributed by atoms with E-state index in [1.54, 1.807) is 0 Å². The third kappa shape index (κ3) is 4.40. The molecule has 9 aromatic carbocycles. The Hall–Kier alpha value is -6.44. The molecule has 1 heteroatoms. The van der Waals surface area contributed by atoms with Crippen molar-refractivity contribution in [2.24, 2.45) is 0 Å². The number of hydrogen-bond acceptors (Lipinski definition) is 1. The van der Waals surface area contributed by atoms with E-state index >= 15 is 0 Å². The summed E-state index contributed by atoms with van der Waals surface area (Å²) in [5.41, 5.74) is 12.1. The molecule has 10 rings (SSSR count). The lowest BCUT2D eigenvalue weighted by molar-refractivity contribution is 0.487. The average Bonchev–Trinajstić information content (AvgIpc) is 3.17. The van der Waals surface area contributed by atoms with Gasteiger partial charge in [-0.1, -0.05) is 158 Å². The van der Waals surface area contributed by atoms with Crippen molar-refractivity contribution in [3.63, 3.8) is 0 Å². The van der Waals surface area contributed by atoms with Crippen LogP contribution in [0.2, 0.25) is 0 Å². The minimum absolute atomic E-state index is 0.895. The fourth-order valence-electron chi connectivity index (χ4n) is 7.89. The van der Waals surface area contributed by atoms with Crippen molar-refractivity contribution >= 4 is 32.3 Å². The van der Waals surface area contributed by atoms with Gasteiger partial charge in [0, 0.05) is 10.9 Å². The lowest BCUT2D eigenvalue weighted by atomic mass is 9.85. The highest BCUT2D eigenvalue weighted by molar-refractivity contribution is 6.21. The van der Waals surface area contributed by atoms with Gasteiger partial charge in [0.15, 0.2) is 0 Å². The van der Waals surface area contributed by atoms with Crippen molar-refractivity contribution in [2.45, 2.75) is 0 Å². The molecule has 1 aliphatic rings. The maximum Gasteiger partial charge on any atom is 0.135 e. The van der Waals surface area contributed by atoms with E-state index in [9.17, 15) is 0 Å². The summed E-state index contributed by atoms with van der Waals surface area (Å²) in [5.74, 6) is 1.80. The molecule has 49 heavy (non-hydrogen) atoms. The number of ether oxygens (including phenoxy) is 1. The molecule has 0 fully saturated rings. The Balaban J connectivity index is 1.17. The van der Waals surface area contributed by atoms with Crippen LogP contribution < -0.4 is 4.74 Å². The summed E-state index contributed by atoms with van der Waals surface area (Å²) in [6.45, 7) is 0. The predicted molar refractivity (Wildman–Crippen MR) is 206 cm³/mol. The van der Waals surface area contributed by atoms with Crippen molar-refractivity contribution in [1.82, 2.24) is 0 Å². The SMILES string of the molecule is c1ccc(-c2ccc3c(c2)-c2ccc(-c4cccc(-c5c6ccccc6c(-c6ccccc6)c6ccccc56)c4)c4cccc(c24)O3)cc1. The molecule has 1 nitrogen and oxygen atoms in total. The second-order valence-electron chi connectivity index (χ2n) is 12.8. The molecule has 0 spiro atoms. The van der Waals surface area contributed by atoms with Gasteiger partial charge in [-0.2, -0.15) is 0 Å². The minimum atomic E-state index is 0.895. The molecule has 228 valence electrons. The molecule has 0 amide bonds. The Kier molecular flexibility index (Phi) is 6.25. The lowest BCUT2D eigenvalue weighted by Crippen LogP contribution is -1.98. The first kappa shape index (κ1) is 27.7. The highest BCUT2D eigenvalue weighted by Crippen LogP contribution is 2.50. The van der Waals surface area contributed by atoms with E-state index in [4.69, 9.17) is 4.74 Å². The van der Waals surface area contributed by atoms with Crippen LogP contribution >= 0.6 is 0 Å². The molecular weight excluding hydrogens is 593 g/mol. The van der Waals surface area contributed by atoms with Gasteiger partial charge in [0.1, 0.15) is 11.5 Å². The number of benzene rings is 9. The minimum Gasteiger partial charge on any atom is -0.456 e. The van der Waals surface area contributed by atoms with Gasteiger partial charge in [0.2, 0.25) is 0 Å².